The number of nitrogens with one attached hydrogen (secondary N) is 1. The van der Waals surface area contributed by atoms with Gasteiger partial charge in [0.1, 0.15) is 0 Å². The second kappa shape index (κ2) is 4.74. The van der Waals surface area contributed by atoms with Crippen LogP contribution in [0.2, 0.25) is 0 Å². The first-order valence-corrected chi connectivity index (χ1v) is 5.97. The van der Waals surface area contributed by atoms with Gasteiger partial charge < -0.3 is 16.0 Å². The molecule has 1 fully saturated rings. The molecule has 0 saturated heterocycles. The molecule has 0 spiro atoms. The minimum absolute atomic E-state index is 0.830. The number of nitrogen functional groups attached to an aromatic ring is 1. The number of likely N-dealkylation sites (N-methyl/N-ethyl adjacent to an activating group) is 1. The van der Waals surface area contributed by atoms with Gasteiger partial charge in [0, 0.05) is 19.1 Å². The van der Waals surface area contributed by atoms with Gasteiger partial charge in [-0.05, 0) is 38.4 Å². The molecule has 0 aliphatic heterocycles. The van der Waals surface area contributed by atoms with Gasteiger partial charge in [-0.25, -0.2) is 0 Å². The Bertz CT molecular complexity index is 358. The van der Waals surface area contributed by atoms with E-state index in [1.54, 1.807) is 0 Å². The Kier molecular flexibility index (Phi) is 3.34. The van der Waals surface area contributed by atoms with Gasteiger partial charge in [0.05, 0.1) is 11.4 Å². The Morgan fingerprint density at radius 2 is 2.19 bits per heavy atom. The van der Waals surface area contributed by atoms with Gasteiger partial charge in [0.25, 0.3) is 0 Å². The lowest BCUT2D eigenvalue weighted by Gasteiger charge is -2.17. The molecule has 1 saturated carbocycles. The molecule has 16 heavy (non-hydrogen) atoms. The molecule has 1 aromatic carbocycles. The molecule has 0 aromatic heterocycles. The van der Waals surface area contributed by atoms with Gasteiger partial charge in [-0.1, -0.05) is 12.1 Å². The maximum atomic E-state index is 6.00. The molecular weight excluding hydrogens is 198 g/mol. The predicted molar refractivity (Wildman–Crippen MR) is 69.7 cm³/mol. The fraction of sp³-hybridized carbons (Fsp3) is 0.538. The maximum Gasteiger partial charge on any atom is 0.0579 e. The zero-order chi connectivity index (χ0) is 11.5. The average Bonchev–Trinajstić information content (AvgIpc) is 3.07. The third-order valence-corrected chi connectivity index (χ3v) is 3.27. The van der Waals surface area contributed by atoms with Crippen molar-refractivity contribution in [2.75, 3.05) is 31.2 Å². The van der Waals surface area contributed by atoms with Crippen LogP contribution in [-0.4, -0.2) is 31.1 Å². The second-order valence-corrected chi connectivity index (χ2v) is 4.67. The number of hydrogen-bond donors (Lipinski definition) is 2. The van der Waals surface area contributed by atoms with Gasteiger partial charge in [0.15, 0.2) is 0 Å². The van der Waals surface area contributed by atoms with Crippen LogP contribution < -0.4 is 11.1 Å². The van der Waals surface area contributed by atoms with Gasteiger partial charge in [-0.15, -0.1) is 0 Å². The topological polar surface area (TPSA) is 41.3 Å². The number of nitrogens with two attached hydrogens (primary N) is 1. The summed E-state index contributed by atoms with van der Waals surface area (Å²) < 4.78 is 0. The highest BCUT2D eigenvalue weighted by Gasteiger charge is 2.25. The van der Waals surface area contributed by atoms with E-state index in [4.69, 9.17) is 5.73 Å². The number of para-hydroxylation sites is 1. The van der Waals surface area contributed by atoms with Crippen LogP contribution in [0.1, 0.15) is 18.4 Å². The number of rotatable bonds is 5. The van der Waals surface area contributed by atoms with Crippen molar-refractivity contribution in [1.82, 2.24) is 4.90 Å². The third kappa shape index (κ3) is 2.67. The Morgan fingerprint density at radius 3 is 2.88 bits per heavy atom. The van der Waals surface area contributed by atoms with Crippen LogP contribution in [0.4, 0.5) is 11.4 Å². The Hall–Kier alpha value is -1.22. The first-order chi connectivity index (χ1) is 7.68. The van der Waals surface area contributed by atoms with E-state index in [9.17, 15) is 0 Å². The molecule has 3 nitrogen and oxygen atoms in total. The van der Waals surface area contributed by atoms with Crippen molar-refractivity contribution in [1.29, 1.82) is 0 Å². The third-order valence-electron chi connectivity index (χ3n) is 3.27. The minimum atomic E-state index is 0.830. The summed E-state index contributed by atoms with van der Waals surface area (Å²) in [5.74, 6) is 0. The number of hydrogen-bond acceptors (Lipinski definition) is 3. The highest BCUT2D eigenvalue weighted by molar-refractivity contribution is 5.69. The van der Waals surface area contributed by atoms with Crippen molar-refractivity contribution in [2.45, 2.75) is 25.8 Å². The predicted octanol–water partition coefficient (Wildman–Crippen LogP) is 2.08. The van der Waals surface area contributed by atoms with Crippen molar-refractivity contribution in [2.24, 2.45) is 0 Å². The second-order valence-electron chi connectivity index (χ2n) is 4.67. The Morgan fingerprint density at radius 1 is 1.44 bits per heavy atom. The van der Waals surface area contributed by atoms with Crippen LogP contribution in [0.5, 0.6) is 0 Å². The molecule has 88 valence electrons. The van der Waals surface area contributed by atoms with Crippen molar-refractivity contribution in [3.05, 3.63) is 23.8 Å². The fourth-order valence-corrected chi connectivity index (χ4v) is 1.90. The molecule has 3 heteroatoms. The smallest absolute Gasteiger partial charge is 0.0579 e. The van der Waals surface area contributed by atoms with Gasteiger partial charge in [0.2, 0.25) is 0 Å². The van der Waals surface area contributed by atoms with Crippen LogP contribution >= 0.6 is 0 Å². The highest BCUT2D eigenvalue weighted by atomic mass is 15.2. The number of aryl methyl sites for hydroxylation is 1. The molecule has 2 rings (SSSR count). The van der Waals surface area contributed by atoms with E-state index in [-0.39, 0.29) is 0 Å². The molecule has 1 aromatic rings. The van der Waals surface area contributed by atoms with E-state index in [0.29, 0.717) is 0 Å². The van der Waals surface area contributed by atoms with E-state index in [2.05, 4.69) is 17.3 Å². The number of benzene rings is 1. The molecule has 3 N–H and O–H groups in total. The standard InChI is InChI=1S/C13H21N3/c1-10-4-3-5-12(13(10)14)15-8-9-16(2)11-6-7-11/h3-5,11,15H,6-9,14H2,1-2H3. The molecule has 0 atom stereocenters. The molecule has 0 amide bonds. The van der Waals surface area contributed by atoms with E-state index >= 15 is 0 Å². The zero-order valence-electron chi connectivity index (χ0n) is 10.2. The molecule has 0 heterocycles. The van der Waals surface area contributed by atoms with Crippen LogP contribution in [-0.2, 0) is 0 Å². The monoisotopic (exact) mass is 219 g/mol. The number of anilines is 2. The molecule has 0 radical (unpaired) electrons. The summed E-state index contributed by atoms with van der Waals surface area (Å²) >= 11 is 0. The molecule has 0 unspecified atom stereocenters. The normalized spacial score (nSPS) is 15.4. The van der Waals surface area contributed by atoms with Gasteiger partial charge in [-0.3, -0.25) is 0 Å². The summed E-state index contributed by atoms with van der Waals surface area (Å²) in [5.41, 5.74) is 9.07. The van der Waals surface area contributed by atoms with Crippen molar-refractivity contribution in [3.63, 3.8) is 0 Å². The van der Waals surface area contributed by atoms with Crippen molar-refractivity contribution in [3.8, 4) is 0 Å². The first kappa shape index (κ1) is 11.3. The van der Waals surface area contributed by atoms with E-state index < -0.39 is 0 Å². The highest BCUT2D eigenvalue weighted by Crippen LogP contribution is 2.25. The van der Waals surface area contributed by atoms with Crippen LogP contribution in [0, 0.1) is 6.92 Å². The summed E-state index contributed by atoms with van der Waals surface area (Å²) in [6, 6.07) is 6.95. The molecule has 1 aliphatic rings. The summed E-state index contributed by atoms with van der Waals surface area (Å²) in [5, 5.41) is 3.40. The maximum absolute atomic E-state index is 6.00. The summed E-state index contributed by atoms with van der Waals surface area (Å²) in [4.78, 5) is 2.42. The SMILES string of the molecule is Cc1cccc(NCCN(C)C2CC2)c1N. The lowest BCUT2D eigenvalue weighted by molar-refractivity contribution is 0.337. The van der Waals surface area contributed by atoms with Gasteiger partial charge >= 0.3 is 0 Å². The summed E-state index contributed by atoms with van der Waals surface area (Å²) in [6.45, 7) is 4.08. The first-order valence-electron chi connectivity index (χ1n) is 5.97. The van der Waals surface area contributed by atoms with E-state index in [1.165, 1.54) is 12.8 Å². The molecule has 0 bridgehead atoms. The fourth-order valence-electron chi connectivity index (χ4n) is 1.90. The average molecular weight is 219 g/mol. The lowest BCUT2D eigenvalue weighted by Crippen LogP contribution is -2.27. The van der Waals surface area contributed by atoms with Crippen molar-refractivity contribution < 1.29 is 0 Å². The van der Waals surface area contributed by atoms with E-state index in [0.717, 1.165) is 36.1 Å². The summed E-state index contributed by atoms with van der Waals surface area (Å²) in [7, 11) is 2.19. The van der Waals surface area contributed by atoms with E-state index in [1.807, 2.05) is 25.1 Å². The molecular formula is C13H21N3. The largest absolute Gasteiger partial charge is 0.397 e. The van der Waals surface area contributed by atoms with Crippen molar-refractivity contribution >= 4 is 11.4 Å². The Labute approximate surface area is 97.6 Å². The summed E-state index contributed by atoms with van der Waals surface area (Å²) in [6.07, 6.45) is 2.73. The minimum Gasteiger partial charge on any atom is -0.397 e. The van der Waals surface area contributed by atoms with Gasteiger partial charge in [-0.2, -0.15) is 0 Å². The van der Waals surface area contributed by atoms with Crippen LogP contribution in [0.25, 0.3) is 0 Å². The van der Waals surface area contributed by atoms with Crippen LogP contribution in [0.15, 0.2) is 18.2 Å². The van der Waals surface area contributed by atoms with Crippen LogP contribution in [0.3, 0.4) is 0 Å². The zero-order valence-corrected chi connectivity index (χ0v) is 10.2. The lowest BCUT2D eigenvalue weighted by atomic mass is 10.2. The Balaban J connectivity index is 1.82. The number of nitrogens with zero attached hydrogens (tertiary/aromatic N) is 1. The quantitative estimate of drug-likeness (QED) is 0.745. The molecule has 1 aliphatic carbocycles.